The topological polar surface area (TPSA) is 43.8 Å². The third kappa shape index (κ3) is 2.93. The highest BCUT2D eigenvalue weighted by Crippen LogP contribution is 2.27. The zero-order valence-corrected chi connectivity index (χ0v) is 11.2. The summed E-state index contributed by atoms with van der Waals surface area (Å²) >= 11 is 6.05. The summed E-state index contributed by atoms with van der Waals surface area (Å²) < 4.78 is 28.1. The summed E-state index contributed by atoms with van der Waals surface area (Å²) in [6, 6.07) is 2.49. The maximum atomic E-state index is 13.2. The number of hydrogen-bond donors (Lipinski definition) is 1. The van der Waals surface area contributed by atoms with Crippen LogP contribution in [0.3, 0.4) is 0 Å². The van der Waals surface area contributed by atoms with Gasteiger partial charge in [0.15, 0.2) is 0 Å². The van der Waals surface area contributed by atoms with Crippen LogP contribution in [0.15, 0.2) is 24.4 Å². The lowest BCUT2D eigenvalue weighted by Crippen LogP contribution is -2.18. The summed E-state index contributed by atoms with van der Waals surface area (Å²) in [7, 11) is 0. The number of nitrogens with two attached hydrogens (primary N) is 1. The molecule has 102 valence electrons. The van der Waals surface area contributed by atoms with Crippen molar-refractivity contribution in [2.24, 2.45) is 5.73 Å². The van der Waals surface area contributed by atoms with Gasteiger partial charge in [0.05, 0.1) is 23.0 Å². The molecule has 19 heavy (non-hydrogen) atoms. The number of benzene rings is 1. The second kappa shape index (κ2) is 5.67. The summed E-state index contributed by atoms with van der Waals surface area (Å²) in [5, 5.41) is 4.51. The van der Waals surface area contributed by atoms with E-state index in [1.165, 1.54) is 18.3 Å². The van der Waals surface area contributed by atoms with Crippen molar-refractivity contribution in [3.63, 3.8) is 0 Å². The molecule has 3 nitrogen and oxygen atoms in total. The first-order valence-electron chi connectivity index (χ1n) is 5.95. The molecule has 0 spiro atoms. The van der Waals surface area contributed by atoms with E-state index in [-0.39, 0.29) is 0 Å². The van der Waals surface area contributed by atoms with E-state index in [1.54, 1.807) is 4.68 Å². The summed E-state index contributed by atoms with van der Waals surface area (Å²) in [6.07, 6.45) is 2.34. The van der Waals surface area contributed by atoms with E-state index in [1.807, 2.05) is 6.92 Å². The molecule has 1 unspecified atom stereocenters. The molecule has 0 amide bonds. The minimum Gasteiger partial charge on any atom is -0.319 e. The molecule has 1 atom stereocenters. The summed E-state index contributed by atoms with van der Waals surface area (Å²) in [4.78, 5) is 0. The van der Waals surface area contributed by atoms with Gasteiger partial charge in [-0.1, -0.05) is 18.5 Å². The second-order valence-electron chi connectivity index (χ2n) is 4.28. The molecule has 1 heterocycles. The fraction of sp³-hybridized carbons (Fsp3) is 0.308. The minimum atomic E-state index is -0.716. The summed E-state index contributed by atoms with van der Waals surface area (Å²) in [5.74, 6) is -1.33. The van der Waals surface area contributed by atoms with E-state index in [2.05, 4.69) is 5.10 Å². The van der Waals surface area contributed by atoms with Crippen LogP contribution in [-0.4, -0.2) is 9.78 Å². The van der Waals surface area contributed by atoms with Crippen LogP contribution in [0, 0.1) is 11.6 Å². The second-order valence-corrected chi connectivity index (χ2v) is 4.69. The number of nitrogens with zero attached hydrogens (tertiary/aromatic N) is 2. The molecule has 0 aliphatic heterocycles. The molecule has 0 radical (unpaired) electrons. The third-order valence-corrected chi connectivity index (χ3v) is 3.10. The molecule has 2 aromatic rings. The van der Waals surface area contributed by atoms with Gasteiger partial charge in [0.1, 0.15) is 11.6 Å². The van der Waals surface area contributed by atoms with Crippen molar-refractivity contribution in [3.05, 3.63) is 52.3 Å². The summed E-state index contributed by atoms with van der Waals surface area (Å²) in [6.45, 7) is 2.64. The Kier molecular flexibility index (Phi) is 4.17. The predicted molar refractivity (Wildman–Crippen MR) is 69.9 cm³/mol. The number of rotatable bonds is 4. The van der Waals surface area contributed by atoms with Gasteiger partial charge in [0.25, 0.3) is 0 Å². The fourth-order valence-electron chi connectivity index (χ4n) is 1.98. The van der Waals surface area contributed by atoms with Crippen LogP contribution >= 0.6 is 11.6 Å². The number of aromatic nitrogens is 2. The van der Waals surface area contributed by atoms with E-state index in [9.17, 15) is 8.78 Å². The Hall–Kier alpha value is -1.46. The average Bonchev–Trinajstić information content (AvgIpc) is 2.69. The fourth-order valence-corrected chi connectivity index (χ4v) is 2.24. The molecule has 0 bridgehead atoms. The van der Waals surface area contributed by atoms with Gasteiger partial charge in [-0.05, 0) is 24.1 Å². The first-order valence-corrected chi connectivity index (χ1v) is 6.33. The normalized spacial score (nSPS) is 12.7. The van der Waals surface area contributed by atoms with Crippen molar-refractivity contribution in [1.82, 2.24) is 9.78 Å². The molecular formula is C13H14ClF2N3. The largest absolute Gasteiger partial charge is 0.319 e. The molecular weight excluding hydrogens is 272 g/mol. The lowest BCUT2D eigenvalue weighted by molar-refractivity contribution is 0.551. The van der Waals surface area contributed by atoms with E-state index >= 15 is 0 Å². The lowest BCUT2D eigenvalue weighted by Gasteiger charge is -2.15. The molecule has 1 aromatic heterocycles. The zero-order valence-electron chi connectivity index (χ0n) is 10.4. The van der Waals surface area contributed by atoms with Crippen molar-refractivity contribution >= 4 is 11.6 Å². The minimum absolute atomic E-state index is 0.331. The van der Waals surface area contributed by atoms with Crippen molar-refractivity contribution in [3.8, 4) is 0 Å². The number of aryl methyl sites for hydroxylation is 1. The van der Waals surface area contributed by atoms with E-state index < -0.39 is 17.7 Å². The Bertz CT molecular complexity index is 563. The quantitative estimate of drug-likeness (QED) is 0.937. The first-order chi connectivity index (χ1) is 9.02. The van der Waals surface area contributed by atoms with Gasteiger partial charge in [0, 0.05) is 12.6 Å². The molecule has 2 rings (SSSR count). The smallest absolute Gasteiger partial charge is 0.126 e. The van der Waals surface area contributed by atoms with Crippen LogP contribution in [0.2, 0.25) is 5.02 Å². The SMILES string of the molecule is CCCn1ncc(Cl)c1C(N)c1cc(F)cc(F)c1. The monoisotopic (exact) mass is 285 g/mol. The van der Waals surface area contributed by atoms with Gasteiger partial charge in [-0.2, -0.15) is 5.10 Å². The standard InChI is InChI=1S/C13H14ClF2N3/c1-2-3-19-13(11(14)7-18-19)12(17)8-4-9(15)6-10(16)5-8/h4-7,12H,2-3,17H2,1H3. The Morgan fingerprint density at radius 1 is 1.32 bits per heavy atom. The first kappa shape index (κ1) is 14.0. The molecule has 1 aromatic carbocycles. The molecule has 0 saturated carbocycles. The molecule has 0 aliphatic carbocycles. The zero-order chi connectivity index (χ0) is 14.0. The molecule has 6 heteroatoms. The van der Waals surface area contributed by atoms with E-state index in [0.717, 1.165) is 12.5 Å². The lowest BCUT2D eigenvalue weighted by atomic mass is 10.0. The maximum absolute atomic E-state index is 13.2. The van der Waals surface area contributed by atoms with Gasteiger partial charge in [-0.25, -0.2) is 8.78 Å². The molecule has 0 aliphatic rings. The van der Waals surface area contributed by atoms with Crippen LogP contribution in [0.4, 0.5) is 8.78 Å². The summed E-state index contributed by atoms with van der Waals surface area (Å²) in [5.41, 5.74) is 6.95. The Balaban J connectivity index is 2.43. The van der Waals surface area contributed by atoms with Gasteiger partial charge >= 0.3 is 0 Å². The molecule has 0 saturated heterocycles. The van der Waals surface area contributed by atoms with Crippen LogP contribution in [0.25, 0.3) is 0 Å². The van der Waals surface area contributed by atoms with Crippen molar-refractivity contribution in [2.45, 2.75) is 25.9 Å². The number of hydrogen-bond acceptors (Lipinski definition) is 2. The van der Waals surface area contributed by atoms with Gasteiger partial charge in [-0.15, -0.1) is 0 Å². The van der Waals surface area contributed by atoms with Crippen molar-refractivity contribution in [2.75, 3.05) is 0 Å². The van der Waals surface area contributed by atoms with Crippen LogP contribution in [-0.2, 0) is 6.54 Å². The highest BCUT2D eigenvalue weighted by atomic mass is 35.5. The van der Waals surface area contributed by atoms with Crippen LogP contribution in [0.1, 0.15) is 30.6 Å². The van der Waals surface area contributed by atoms with E-state index in [4.69, 9.17) is 17.3 Å². The Morgan fingerprint density at radius 3 is 2.53 bits per heavy atom. The van der Waals surface area contributed by atoms with Gasteiger partial charge in [0.2, 0.25) is 0 Å². The molecule has 2 N–H and O–H groups in total. The number of halogens is 3. The third-order valence-electron chi connectivity index (χ3n) is 2.81. The van der Waals surface area contributed by atoms with Crippen LogP contribution < -0.4 is 5.73 Å². The Labute approximate surface area is 115 Å². The highest BCUT2D eigenvalue weighted by molar-refractivity contribution is 6.31. The molecule has 0 fully saturated rings. The van der Waals surface area contributed by atoms with Crippen molar-refractivity contribution in [1.29, 1.82) is 0 Å². The van der Waals surface area contributed by atoms with E-state index in [0.29, 0.717) is 22.8 Å². The predicted octanol–water partition coefficient (Wildman–Crippen LogP) is 3.27. The van der Waals surface area contributed by atoms with Crippen LogP contribution in [0.5, 0.6) is 0 Å². The highest BCUT2D eigenvalue weighted by Gasteiger charge is 2.19. The van der Waals surface area contributed by atoms with Gasteiger partial charge in [-0.3, -0.25) is 4.68 Å². The Morgan fingerprint density at radius 2 is 1.95 bits per heavy atom. The van der Waals surface area contributed by atoms with Gasteiger partial charge < -0.3 is 5.73 Å². The average molecular weight is 286 g/mol. The maximum Gasteiger partial charge on any atom is 0.126 e. The van der Waals surface area contributed by atoms with Crippen molar-refractivity contribution < 1.29 is 8.78 Å².